The third-order valence-electron chi connectivity index (χ3n) is 1.44. The molecule has 2 amide bonds. The van der Waals surface area contributed by atoms with Gasteiger partial charge in [0.2, 0.25) is 17.6 Å². The van der Waals surface area contributed by atoms with Gasteiger partial charge in [0.15, 0.2) is 6.29 Å². The first-order chi connectivity index (χ1) is 7.01. The van der Waals surface area contributed by atoms with Crippen LogP contribution in [0.2, 0.25) is 0 Å². The van der Waals surface area contributed by atoms with Crippen LogP contribution in [0.15, 0.2) is 0 Å². The Morgan fingerprint density at radius 2 is 2.00 bits per heavy atom. The van der Waals surface area contributed by atoms with Crippen molar-refractivity contribution in [1.82, 2.24) is 10.6 Å². The first-order valence-corrected chi connectivity index (χ1v) is 4.78. The molecule has 2 N–H and O–H groups in total. The van der Waals surface area contributed by atoms with Gasteiger partial charge in [0.1, 0.15) is 6.04 Å². The van der Waals surface area contributed by atoms with E-state index in [1.54, 1.807) is 0 Å². The van der Waals surface area contributed by atoms with Gasteiger partial charge in [0, 0.05) is 12.7 Å². The molecule has 0 aromatic carbocycles. The van der Waals surface area contributed by atoms with E-state index < -0.39 is 17.7 Å². The molecule has 0 radical (unpaired) electrons. The number of aldehydes is 1. The molecule has 6 nitrogen and oxygen atoms in total. The summed E-state index contributed by atoms with van der Waals surface area (Å²) in [6.45, 7) is 0.895. The highest BCUT2D eigenvalue weighted by Gasteiger charge is 2.17. The molecular weight excluding hydrogens is 220 g/mol. The van der Waals surface area contributed by atoms with Gasteiger partial charge in [-0.2, -0.15) is 12.6 Å². The van der Waals surface area contributed by atoms with Crippen molar-refractivity contribution in [3.05, 3.63) is 0 Å². The maximum absolute atomic E-state index is 11.3. The molecule has 0 aliphatic heterocycles. The Morgan fingerprint density at radius 3 is 2.40 bits per heavy atom. The summed E-state index contributed by atoms with van der Waals surface area (Å²) in [4.78, 5) is 42.5. The van der Waals surface area contributed by atoms with Gasteiger partial charge in [-0.3, -0.25) is 19.2 Å². The van der Waals surface area contributed by atoms with Crippen LogP contribution in [0.5, 0.6) is 0 Å². The van der Waals surface area contributed by atoms with Crippen molar-refractivity contribution < 1.29 is 19.2 Å². The number of Topliss-reactive ketones (excluding diaryl/α,β-unsaturated/α-hetero) is 1. The summed E-state index contributed by atoms with van der Waals surface area (Å²) in [5.41, 5.74) is 0. The SMILES string of the molecule is CC(=O)N[C@@H](CS)C(=O)NCC(=O)C=O. The van der Waals surface area contributed by atoms with E-state index in [2.05, 4.69) is 23.3 Å². The number of carbonyl (C=O) groups excluding carboxylic acids is 4. The fourth-order valence-corrected chi connectivity index (χ4v) is 1.04. The van der Waals surface area contributed by atoms with Gasteiger partial charge in [-0.25, -0.2) is 0 Å². The Balaban J connectivity index is 4.09. The van der Waals surface area contributed by atoms with Crippen molar-refractivity contribution in [3.8, 4) is 0 Å². The molecular formula is C8H12N2O4S. The molecule has 0 bridgehead atoms. The van der Waals surface area contributed by atoms with Crippen molar-refractivity contribution >= 4 is 36.5 Å². The van der Waals surface area contributed by atoms with Crippen LogP contribution in [-0.4, -0.2) is 42.2 Å². The smallest absolute Gasteiger partial charge is 0.243 e. The fraction of sp³-hybridized carbons (Fsp3) is 0.500. The van der Waals surface area contributed by atoms with Crippen LogP contribution in [0.4, 0.5) is 0 Å². The van der Waals surface area contributed by atoms with Crippen molar-refractivity contribution in [3.63, 3.8) is 0 Å². The monoisotopic (exact) mass is 232 g/mol. The molecule has 7 heteroatoms. The Kier molecular flexibility index (Phi) is 6.35. The molecule has 1 atom stereocenters. The number of hydrogen-bond acceptors (Lipinski definition) is 5. The van der Waals surface area contributed by atoms with E-state index in [1.165, 1.54) is 6.92 Å². The first-order valence-electron chi connectivity index (χ1n) is 4.15. The van der Waals surface area contributed by atoms with Gasteiger partial charge in [0.05, 0.1) is 6.54 Å². The largest absolute Gasteiger partial charge is 0.347 e. The van der Waals surface area contributed by atoms with Crippen LogP contribution in [0.1, 0.15) is 6.92 Å². The van der Waals surface area contributed by atoms with E-state index in [9.17, 15) is 19.2 Å². The van der Waals surface area contributed by atoms with Crippen LogP contribution >= 0.6 is 12.6 Å². The number of nitrogens with one attached hydrogen (secondary N) is 2. The van der Waals surface area contributed by atoms with Crippen LogP contribution in [-0.2, 0) is 19.2 Å². The minimum atomic E-state index is -0.801. The summed E-state index contributed by atoms with van der Waals surface area (Å²) >= 11 is 3.87. The van der Waals surface area contributed by atoms with Gasteiger partial charge in [-0.15, -0.1) is 0 Å². The predicted molar refractivity (Wildman–Crippen MR) is 55.5 cm³/mol. The first kappa shape index (κ1) is 13.6. The Morgan fingerprint density at radius 1 is 1.40 bits per heavy atom. The molecule has 0 saturated carbocycles. The molecule has 0 rings (SSSR count). The minimum absolute atomic E-state index is 0.112. The third kappa shape index (κ3) is 5.84. The van der Waals surface area contributed by atoms with Crippen molar-refractivity contribution in [2.45, 2.75) is 13.0 Å². The average molecular weight is 232 g/mol. The molecule has 0 fully saturated rings. The van der Waals surface area contributed by atoms with E-state index >= 15 is 0 Å². The summed E-state index contributed by atoms with van der Waals surface area (Å²) in [6.07, 6.45) is 0.119. The normalized spacial score (nSPS) is 11.3. The molecule has 0 spiro atoms. The van der Waals surface area contributed by atoms with Crippen LogP contribution in [0.25, 0.3) is 0 Å². The fourth-order valence-electron chi connectivity index (χ4n) is 0.779. The third-order valence-corrected chi connectivity index (χ3v) is 1.81. The van der Waals surface area contributed by atoms with Crippen molar-refractivity contribution in [2.24, 2.45) is 0 Å². The summed E-state index contributed by atoms with van der Waals surface area (Å²) in [6, 6.07) is -0.801. The van der Waals surface area contributed by atoms with E-state index in [0.717, 1.165) is 0 Å². The molecule has 84 valence electrons. The maximum Gasteiger partial charge on any atom is 0.243 e. The second-order valence-electron chi connectivity index (χ2n) is 2.74. The Hall–Kier alpha value is -1.37. The van der Waals surface area contributed by atoms with Gasteiger partial charge < -0.3 is 10.6 Å². The Bertz CT molecular complexity index is 280. The lowest BCUT2D eigenvalue weighted by Gasteiger charge is -2.14. The molecule has 0 unspecified atom stereocenters. The highest BCUT2D eigenvalue weighted by molar-refractivity contribution is 7.80. The van der Waals surface area contributed by atoms with Crippen molar-refractivity contribution in [2.75, 3.05) is 12.3 Å². The molecule has 15 heavy (non-hydrogen) atoms. The average Bonchev–Trinajstić information content (AvgIpc) is 2.21. The summed E-state index contributed by atoms with van der Waals surface area (Å²) in [5.74, 6) is -1.54. The Labute approximate surface area is 92.2 Å². The van der Waals surface area contributed by atoms with Crippen molar-refractivity contribution in [1.29, 1.82) is 0 Å². The lowest BCUT2D eigenvalue weighted by molar-refractivity contribution is -0.131. The quantitative estimate of drug-likeness (QED) is 0.289. The maximum atomic E-state index is 11.3. The standard InChI is InChI=1S/C8H12N2O4S/c1-5(12)10-7(4-15)8(14)9-2-6(13)3-11/h3,7,15H,2,4H2,1H3,(H,9,14)(H,10,12)/t7-/m0/s1. The number of rotatable bonds is 6. The summed E-state index contributed by atoms with van der Waals surface area (Å²) in [5, 5.41) is 4.55. The summed E-state index contributed by atoms with van der Waals surface area (Å²) < 4.78 is 0. The van der Waals surface area contributed by atoms with E-state index in [-0.39, 0.29) is 24.5 Å². The lowest BCUT2D eigenvalue weighted by Crippen LogP contribution is -2.48. The van der Waals surface area contributed by atoms with Gasteiger partial charge in [0.25, 0.3) is 0 Å². The molecule has 0 saturated heterocycles. The van der Waals surface area contributed by atoms with E-state index in [4.69, 9.17) is 0 Å². The van der Waals surface area contributed by atoms with E-state index in [1.807, 2.05) is 0 Å². The molecule has 0 aliphatic rings. The number of carbonyl (C=O) groups is 4. The highest BCUT2D eigenvalue weighted by atomic mass is 32.1. The van der Waals surface area contributed by atoms with Crippen LogP contribution in [0, 0.1) is 0 Å². The zero-order chi connectivity index (χ0) is 11.8. The second kappa shape index (κ2) is 6.99. The van der Waals surface area contributed by atoms with E-state index in [0.29, 0.717) is 0 Å². The van der Waals surface area contributed by atoms with Gasteiger partial charge in [-0.1, -0.05) is 0 Å². The molecule has 0 aliphatic carbocycles. The zero-order valence-corrected chi connectivity index (χ0v) is 9.04. The highest BCUT2D eigenvalue weighted by Crippen LogP contribution is 1.88. The number of ketones is 1. The van der Waals surface area contributed by atoms with Crippen LogP contribution in [0.3, 0.4) is 0 Å². The number of amides is 2. The predicted octanol–water partition coefficient (Wildman–Crippen LogP) is -1.69. The second-order valence-corrected chi connectivity index (χ2v) is 3.10. The number of hydrogen-bond donors (Lipinski definition) is 3. The summed E-state index contributed by atoms with van der Waals surface area (Å²) in [7, 11) is 0. The molecule has 0 aromatic heterocycles. The van der Waals surface area contributed by atoms with Crippen LogP contribution < -0.4 is 10.6 Å². The zero-order valence-electron chi connectivity index (χ0n) is 8.15. The lowest BCUT2D eigenvalue weighted by atomic mass is 10.3. The van der Waals surface area contributed by atoms with Gasteiger partial charge in [-0.05, 0) is 0 Å². The number of thiol groups is 1. The molecule has 0 aromatic rings. The minimum Gasteiger partial charge on any atom is -0.347 e. The molecule has 0 heterocycles. The topological polar surface area (TPSA) is 92.3 Å². The van der Waals surface area contributed by atoms with Gasteiger partial charge >= 0.3 is 0 Å².